The first-order chi connectivity index (χ1) is 9.63. The van der Waals surface area contributed by atoms with Crippen LogP contribution in [0.3, 0.4) is 0 Å². The Hall–Kier alpha value is -1.58. The van der Waals surface area contributed by atoms with Crippen molar-refractivity contribution in [1.82, 2.24) is 0 Å². The summed E-state index contributed by atoms with van der Waals surface area (Å²) in [6, 6.07) is 12.4. The van der Waals surface area contributed by atoms with Gasteiger partial charge in [-0.15, -0.1) is 0 Å². The van der Waals surface area contributed by atoms with Crippen molar-refractivity contribution in [3.63, 3.8) is 0 Å². The second kappa shape index (κ2) is 7.27. The molecule has 5 heteroatoms. The Kier molecular flexibility index (Phi) is 5.39. The highest BCUT2D eigenvalue weighted by molar-refractivity contribution is 6.34. The van der Waals surface area contributed by atoms with E-state index in [2.05, 4.69) is 0 Å². The zero-order valence-electron chi connectivity index (χ0n) is 10.8. The summed E-state index contributed by atoms with van der Waals surface area (Å²) in [7, 11) is 0. The minimum absolute atomic E-state index is 0.533. The molecule has 0 spiro atoms. The van der Waals surface area contributed by atoms with E-state index in [4.69, 9.17) is 38.4 Å². The molecule has 20 heavy (non-hydrogen) atoms. The molecule has 2 rings (SSSR count). The number of benzene rings is 2. The van der Waals surface area contributed by atoms with Crippen LogP contribution >= 0.6 is 23.2 Å². The molecule has 0 fully saturated rings. The van der Waals surface area contributed by atoms with E-state index in [-0.39, 0.29) is 0 Å². The zero-order chi connectivity index (χ0) is 14.4. The quantitative estimate of drug-likeness (QED) is 0.634. The Morgan fingerprint density at radius 2 is 1.35 bits per heavy atom. The number of ether oxygens (including phenoxy) is 2. The Bertz CT molecular complexity index is 538. The molecule has 0 radical (unpaired) electrons. The highest BCUT2D eigenvalue weighted by Crippen LogP contribution is 2.24. The number of hydrogen-bond acceptors (Lipinski definition) is 3. The van der Waals surface area contributed by atoms with Crippen molar-refractivity contribution in [3.05, 3.63) is 52.5 Å². The first-order valence-electron chi connectivity index (χ1n) is 6.21. The zero-order valence-corrected chi connectivity index (χ0v) is 12.3. The van der Waals surface area contributed by atoms with Gasteiger partial charge in [0.25, 0.3) is 0 Å². The van der Waals surface area contributed by atoms with E-state index in [0.717, 1.165) is 17.9 Å². The number of hydrogen-bond donors (Lipinski definition) is 1. The molecule has 0 aromatic heterocycles. The average molecular weight is 312 g/mol. The van der Waals surface area contributed by atoms with E-state index in [0.29, 0.717) is 29.0 Å². The van der Waals surface area contributed by atoms with Crippen LogP contribution in [-0.2, 0) is 0 Å². The highest BCUT2D eigenvalue weighted by Gasteiger charge is 1.99. The van der Waals surface area contributed by atoms with Crippen molar-refractivity contribution in [1.29, 1.82) is 0 Å². The summed E-state index contributed by atoms with van der Waals surface area (Å²) >= 11 is 11.8. The van der Waals surface area contributed by atoms with E-state index in [1.54, 1.807) is 30.3 Å². The number of rotatable bonds is 6. The predicted molar refractivity (Wildman–Crippen MR) is 82.9 cm³/mol. The van der Waals surface area contributed by atoms with E-state index in [9.17, 15) is 0 Å². The molecule has 2 N–H and O–H groups in total. The van der Waals surface area contributed by atoms with Crippen LogP contribution in [0.5, 0.6) is 11.5 Å². The van der Waals surface area contributed by atoms with Gasteiger partial charge in [0.1, 0.15) is 11.5 Å². The number of nitrogens with two attached hydrogens (primary N) is 1. The molecule has 0 atom stereocenters. The summed E-state index contributed by atoms with van der Waals surface area (Å²) in [4.78, 5) is 0. The maximum absolute atomic E-state index is 5.88. The third-order valence-corrected chi connectivity index (χ3v) is 2.98. The van der Waals surface area contributed by atoms with Crippen LogP contribution in [0.4, 0.5) is 5.69 Å². The molecule has 0 unspecified atom stereocenters. The van der Waals surface area contributed by atoms with Crippen molar-refractivity contribution in [2.45, 2.75) is 6.42 Å². The molecular formula is C15H15Cl2NO2. The lowest BCUT2D eigenvalue weighted by atomic mass is 10.3. The number of anilines is 1. The van der Waals surface area contributed by atoms with Crippen LogP contribution in [0, 0.1) is 0 Å². The second-order valence-corrected chi connectivity index (χ2v) is 5.10. The summed E-state index contributed by atoms with van der Waals surface area (Å²) in [6.45, 7) is 1.10. The summed E-state index contributed by atoms with van der Waals surface area (Å²) in [5, 5.41) is 1.12. The molecule has 0 heterocycles. The van der Waals surface area contributed by atoms with Gasteiger partial charge in [-0.2, -0.15) is 0 Å². The van der Waals surface area contributed by atoms with Gasteiger partial charge < -0.3 is 15.2 Å². The molecule has 2 aromatic rings. The molecule has 0 aliphatic heterocycles. The van der Waals surface area contributed by atoms with Gasteiger partial charge >= 0.3 is 0 Å². The molecule has 0 saturated carbocycles. The molecule has 0 amide bonds. The van der Waals surface area contributed by atoms with Crippen molar-refractivity contribution < 1.29 is 9.47 Å². The van der Waals surface area contributed by atoms with Gasteiger partial charge in [0.2, 0.25) is 0 Å². The first-order valence-corrected chi connectivity index (χ1v) is 6.96. The maximum Gasteiger partial charge on any atom is 0.122 e. The largest absolute Gasteiger partial charge is 0.493 e. The Morgan fingerprint density at radius 1 is 0.800 bits per heavy atom. The van der Waals surface area contributed by atoms with Crippen LogP contribution in [0.25, 0.3) is 0 Å². The third-order valence-electron chi connectivity index (χ3n) is 2.54. The molecular weight excluding hydrogens is 297 g/mol. The molecule has 0 saturated heterocycles. The van der Waals surface area contributed by atoms with Gasteiger partial charge in [-0.1, -0.05) is 23.2 Å². The fraction of sp³-hybridized carbons (Fsp3) is 0.200. The highest BCUT2D eigenvalue weighted by atomic mass is 35.5. The topological polar surface area (TPSA) is 44.5 Å². The van der Waals surface area contributed by atoms with Crippen molar-refractivity contribution in [2.24, 2.45) is 0 Å². The normalized spacial score (nSPS) is 10.3. The van der Waals surface area contributed by atoms with Crippen LogP contribution in [0.1, 0.15) is 6.42 Å². The lowest BCUT2D eigenvalue weighted by Crippen LogP contribution is -2.05. The molecule has 2 aromatic carbocycles. The Morgan fingerprint density at radius 3 is 1.95 bits per heavy atom. The van der Waals surface area contributed by atoms with Crippen LogP contribution in [-0.4, -0.2) is 13.2 Å². The van der Waals surface area contributed by atoms with E-state index < -0.39 is 0 Å². The molecule has 0 aliphatic carbocycles. The summed E-state index contributed by atoms with van der Waals surface area (Å²) in [6.07, 6.45) is 0.758. The maximum atomic E-state index is 5.88. The van der Waals surface area contributed by atoms with E-state index in [1.807, 2.05) is 12.1 Å². The summed E-state index contributed by atoms with van der Waals surface area (Å²) < 4.78 is 11.1. The minimum Gasteiger partial charge on any atom is -0.493 e. The average Bonchev–Trinajstić information content (AvgIpc) is 2.39. The van der Waals surface area contributed by atoms with E-state index >= 15 is 0 Å². The lowest BCUT2D eigenvalue weighted by molar-refractivity contribution is 0.247. The van der Waals surface area contributed by atoms with Crippen LogP contribution in [0.15, 0.2) is 42.5 Å². The van der Waals surface area contributed by atoms with Gasteiger partial charge in [0, 0.05) is 22.2 Å². The van der Waals surface area contributed by atoms with Crippen LogP contribution in [0.2, 0.25) is 10.0 Å². The van der Waals surface area contributed by atoms with Gasteiger partial charge in [0.15, 0.2) is 0 Å². The van der Waals surface area contributed by atoms with Crippen LogP contribution < -0.4 is 15.2 Å². The molecule has 3 nitrogen and oxygen atoms in total. The summed E-state index contributed by atoms with van der Waals surface area (Å²) in [5.74, 6) is 1.46. The standard InChI is InChI=1S/C15H15Cl2NO2/c16-11-8-12(17)10-15(9-11)20-7-1-6-19-14-4-2-13(18)3-5-14/h2-5,8-10H,1,6-7,18H2. The first kappa shape index (κ1) is 14.8. The predicted octanol–water partition coefficient (Wildman–Crippen LogP) is 4.42. The van der Waals surface area contributed by atoms with Gasteiger partial charge in [-0.05, 0) is 42.5 Å². The third kappa shape index (κ3) is 4.83. The smallest absolute Gasteiger partial charge is 0.122 e. The second-order valence-electron chi connectivity index (χ2n) is 4.22. The SMILES string of the molecule is Nc1ccc(OCCCOc2cc(Cl)cc(Cl)c2)cc1. The number of nitrogen functional groups attached to an aromatic ring is 1. The van der Waals surface area contributed by atoms with Crippen molar-refractivity contribution in [3.8, 4) is 11.5 Å². The molecule has 0 aliphatic rings. The van der Waals surface area contributed by atoms with Crippen molar-refractivity contribution in [2.75, 3.05) is 18.9 Å². The van der Waals surface area contributed by atoms with Gasteiger partial charge in [-0.25, -0.2) is 0 Å². The van der Waals surface area contributed by atoms with E-state index in [1.165, 1.54) is 0 Å². The summed E-state index contributed by atoms with van der Waals surface area (Å²) in [5.41, 5.74) is 6.32. The van der Waals surface area contributed by atoms with Gasteiger partial charge in [-0.3, -0.25) is 0 Å². The number of halogens is 2. The Balaban J connectivity index is 1.70. The monoisotopic (exact) mass is 311 g/mol. The molecule has 0 bridgehead atoms. The molecule has 106 valence electrons. The fourth-order valence-corrected chi connectivity index (χ4v) is 2.12. The minimum atomic E-state index is 0.533. The van der Waals surface area contributed by atoms with Crippen molar-refractivity contribution >= 4 is 28.9 Å². The Labute approximate surface area is 128 Å². The van der Waals surface area contributed by atoms with Gasteiger partial charge in [0.05, 0.1) is 13.2 Å². The lowest BCUT2D eigenvalue weighted by Gasteiger charge is -2.08. The fourth-order valence-electron chi connectivity index (χ4n) is 1.61.